The summed E-state index contributed by atoms with van der Waals surface area (Å²) in [6, 6.07) is -0.740. The van der Waals surface area contributed by atoms with E-state index in [1.807, 2.05) is 0 Å². The molecule has 0 saturated heterocycles. The third-order valence-electron chi connectivity index (χ3n) is 4.72. The second kappa shape index (κ2) is 19.7. The van der Waals surface area contributed by atoms with Crippen LogP contribution in [0.4, 0.5) is 0 Å². The first-order chi connectivity index (χ1) is 13.1. The Balaban J connectivity index is 3.46. The van der Waals surface area contributed by atoms with E-state index in [9.17, 15) is 9.59 Å². The molecule has 0 saturated carbocycles. The number of nitrogens with two attached hydrogens (primary N) is 1. The molecule has 0 aromatic heterocycles. The predicted octanol–water partition coefficient (Wildman–Crippen LogP) is 5.29. The fourth-order valence-electron chi connectivity index (χ4n) is 2.87. The van der Waals surface area contributed by atoms with Crippen LogP contribution in [0.2, 0.25) is 0 Å². The fraction of sp³-hybridized carbons (Fsp3) is 0.909. The van der Waals surface area contributed by atoms with Crippen LogP contribution in [-0.2, 0) is 19.1 Å². The van der Waals surface area contributed by atoms with Crippen molar-refractivity contribution in [2.45, 2.75) is 116 Å². The first-order valence-corrected chi connectivity index (χ1v) is 11.2. The summed E-state index contributed by atoms with van der Waals surface area (Å²) in [4.78, 5) is 23.4. The van der Waals surface area contributed by atoms with Crippen LogP contribution in [0.1, 0.15) is 110 Å². The van der Waals surface area contributed by atoms with E-state index in [0.717, 1.165) is 32.1 Å². The van der Waals surface area contributed by atoms with Gasteiger partial charge in [-0.15, -0.1) is 0 Å². The molecule has 0 aliphatic carbocycles. The van der Waals surface area contributed by atoms with Crippen molar-refractivity contribution in [1.82, 2.24) is 0 Å². The van der Waals surface area contributed by atoms with E-state index in [1.165, 1.54) is 51.4 Å². The van der Waals surface area contributed by atoms with Gasteiger partial charge in [0, 0.05) is 6.42 Å². The lowest BCUT2D eigenvalue weighted by atomic mass is 10.1. The molecule has 1 atom stereocenters. The van der Waals surface area contributed by atoms with E-state index >= 15 is 0 Å². The molecule has 0 aromatic rings. The molecule has 0 amide bonds. The first-order valence-electron chi connectivity index (χ1n) is 11.2. The van der Waals surface area contributed by atoms with Gasteiger partial charge in [0.05, 0.1) is 13.2 Å². The SMILES string of the molecule is CCCCCCCCCCCCOC(=O)C(N)CCC(=O)OCCCCC. The predicted molar refractivity (Wildman–Crippen MR) is 110 cm³/mol. The monoisotopic (exact) mass is 385 g/mol. The summed E-state index contributed by atoms with van der Waals surface area (Å²) in [6.07, 6.45) is 15.9. The molecule has 0 rings (SSSR count). The average Bonchev–Trinajstić information content (AvgIpc) is 2.67. The van der Waals surface area contributed by atoms with Crippen molar-refractivity contribution in [2.24, 2.45) is 5.73 Å². The molecule has 0 spiro atoms. The maximum Gasteiger partial charge on any atom is 0.322 e. The standard InChI is InChI=1S/C22H43NO4/c1-3-5-7-8-9-10-11-12-13-15-19-27-22(25)20(23)16-17-21(24)26-18-14-6-4-2/h20H,3-19,23H2,1-2H3. The Labute approximate surface area is 166 Å². The van der Waals surface area contributed by atoms with Gasteiger partial charge < -0.3 is 15.2 Å². The molecule has 160 valence electrons. The number of unbranched alkanes of at least 4 members (excludes halogenated alkanes) is 11. The van der Waals surface area contributed by atoms with Crippen molar-refractivity contribution in [3.8, 4) is 0 Å². The molecule has 27 heavy (non-hydrogen) atoms. The normalized spacial score (nSPS) is 12.0. The summed E-state index contributed by atoms with van der Waals surface area (Å²) < 4.78 is 10.3. The van der Waals surface area contributed by atoms with Crippen molar-refractivity contribution in [2.75, 3.05) is 13.2 Å². The second-order valence-corrected chi connectivity index (χ2v) is 7.42. The summed E-state index contributed by atoms with van der Waals surface area (Å²) >= 11 is 0. The molecule has 1 unspecified atom stereocenters. The Morgan fingerprint density at radius 3 is 1.74 bits per heavy atom. The summed E-state index contributed by atoms with van der Waals surface area (Å²) in [5, 5.41) is 0. The minimum absolute atomic E-state index is 0.167. The molecule has 0 heterocycles. The Morgan fingerprint density at radius 1 is 0.704 bits per heavy atom. The van der Waals surface area contributed by atoms with Crippen LogP contribution in [-0.4, -0.2) is 31.2 Å². The van der Waals surface area contributed by atoms with E-state index < -0.39 is 12.0 Å². The molecule has 0 fully saturated rings. The lowest BCUT2D eigenvalue weighted by Gasteiger charge is -2.11. The molecule has 0 bridgehead atoms. The van der Waals surface area contributed by atoms with E-state index in [1.54, 1.807) is 0 Å². The Morgan fingerprint density at radius 2 is 1.15 bits per heavy atom. The van der Waals surface area contributed by atoms with Gasteiger partial charge in [0.15, 0.2) is 0 Å². The fourth-order valence-corrected chi connectivity index (χ4v) is 2.87. The Kier molecular flexibility index (Phi) is 18.9. The average molecular weight is 386 g/mol. The zero-order valence-corrected chi connectivity index (χ0v) is 17.8. The highest BCUT2D eigenvalue weighted by Crippen LogP contribution is 2.10. The van der Waals surface area contributed by atoms with Crippen molar-refractivity contribution < 1.29 is 19.1 Å². The highest BCUT2D eigenvalue weighted by Gasteiger charge is 2.16. The van der Waals surface area contributed by atoms with Gasteiger partial charge in [0.25, 0.3) is 0 Å². The topological polar surface area (TPSA) is 78.6 Å². The number of hydrogen-bond acceptors (Lipinski definition) is 5. The van der Waals surface area contributed by atoms with Crippen LogP contribution < -0.4 is 5.73 Å². The maximum atomic E-state index is 11.8. The number of carbonyl (C=O) groups excluding carboxylic acids is 2. The van der Waals surface area contributed by atoms with Crippen molar-refractivity contribution in [3.63, 3.8) is 0 Å². The molecule has 0 aromatic carbocycles. The number of ether oxygens (including phenoxy) is 2. The van der Waals surface area contributed by atoms with Gasteiger partial charge in [-0.2, -0.15) is 0 Å². The Bertz CT molecular complexity index is 360. The van der Waals surface area contributed by atoms with Crippen molar-refractivity contribution in [3.05, 3.63) is 0 Å². The van der Waals surface area contributed by atoms with E-state index in [0.29, 0.717) is 13.2 Å². The molecule has 5 heteroatoms. The summed E-state index contributed by atoms with van der Waals surface area (Å²) in [6.45, 7) is 5.21. The van der Waals surface area contributed by atoms with Gasteiger partial charge in [-0.3, -0.25) is 9.59 Å². The van der Waals surface area contributed by atoms with Gasteiger partial charge in [0.1, 0.15) is 6.04 Å². The lowest BCUT2D eigenvalue weighted by molar-refractivity contribution is -0.146. The van der Waals surface area contributed by atoms with Crippen LogP contribution in [0.15, 0.2) is 0 Å². The number of rotatable bonds is 19. The third kappa shape index (κ3) is 18.0. The minimum atomic E-state index is -0.740. The largest absolute Gasteiger partial charge is 0.466 e. The highest BCUT2D eigenvalue weighted by molar-refractivity contribution is 5.77. The lowest BCUT2D eigenvalue weighted by Crippen LogP contribution is -2.33. The van der Waals surface area contributed by atoms with Gasteiger partial charge in [0.2, 0.25) is 0 Å². The quantitative estimate of drug-likeness (QED) is 0.241. The molecular weight excluding hydrogens is 342 g/mol. The van der Waals surface area contributed by atoms with Crippen LogP contribution >= 0.6 is 0 Å². The molecule has 0 aliphatic rings. The maximum absolute atomic E-state index is 11.8. The van der Waals surface area contributed by atoms with Crippen molar-refractivity contribution >= 4 is 11.9 Å². The molecule has 0 radical (unpaired) electrons. The van der Waals surface area contributed by atoms with E-state index in [2.05, 4.69) is 13.8 Å². The minimum Gasteiger partial charge on any atom is -0.466 e. The van der Waals surface area contributed by atoms with Crippen LogP contribution in [0, 0.1) is 0 Å². The third-order valence-corrected chi connectivity index (χ3v) is 4.72. The summed E-state index contributed by atoms with van der Waals surface area (Å²) in [5.41, 5.74) is 5.79. The zero-order chi connectivity index (χ0) is 20.2. The first kappa shape index (κ1) is 25.9. The smallest absolute Gasteiger partial charge is 0.322 e. The van der Waals surface area contributed by atoms with Crippen LogP contribution in [0.25, 0.3) is 0 Å². The van der Waals surface area contributed by atoms with Crippen LogP contribution in [0.5, 0.6) is 0 Å². The van der Waals surface area contributed by atoms with Gasteiger partial charge in [-0.05, 0) is 19.3 Å². The zero-order valence-electron chi connectivity index (χ0n) is 17.8. The summed E-state index contributed by atoms with van der Waals surface area (Å²) in [7, 11) is 0. The van der Waals surface area contributed by atoms with Gasteiger partial charge >= 0.3 is 11.9 Å². The van der Waals surface area contributed by atoms with Gasteiger partial charge in [-0.1, -0.05) is 84.5 Å². The highest BCUT2D eigenvalue weighted by atomic mass is 16.5. The van der Waals surface area contributed by atoms with E-state index in [4.69, 9.17) is 15.2 Å². The Hall–Kier alpha value is -1.10. The van der Waals surface area contributed by atoms with E-state index in [-0.39, 0.29) is 18.8 Å². The number of hydrogen-bond donors (Lipinski definition) is 1. The second-order valence-electron chi connectivity index (χ2n) is 7.42. The molecule has 2 N–H and O–H groups in total. The number of esters is 2. The molecule has 5 nitrogen and oxygen atoms in total. The molecular formula is C22H43NO4. The number of carbonyl (C=O) groups is 2. The van der Waals surface area contributed by atoms with Crippen LogP contribution in [0.3, 0.4) is 0 Å². The van der Waals surface area contributed by atoms with Crippen molar-refractivity contribution in [1.29, 1.82) is 0 Å². The van der Waals surface area contributed by atoms with Gasteiger partial charge in [-0.25, -0.2) is 0 Å². The molecule has 0 aliphatic heterocycles. The summed E-state index contributed by atoms with van der Waals surface area (Å²) in [5.74, 6) is -0.700.